The van der Waals surface area contributed by atoms with Crippen molar-refractivity contribution in [1.29, 1.82) is 0 Å². The molecule has 1 heterocycles. The van der Waals surface area contributed by atoms with E-state index < -0.39 is 0 Å². The van der Waals surface area contributed by atoms with Gasteiger partial charge >= 0.3 is 0 Å². The van der Waals surface area contributed by atoms with Gasteiger partial charge in [-0.1, -0.05) is 31.3 Å². The molecule has 4 heteroatoms. The highest BCUT2D eigenvalue weighted by molar-refractivity contribution is 5.91. The summed E-state index contributed by atoms with van der Waals surface area (Å²) in [7, 11) is 0. The van der Waals surface area contributed by atoms with E-state index in [2.05, 4.69) is 10.5 Å². The first-order valence-electron chi connectivity index (χ1n) is 6.06. The molecule has 0 radical (unpaired) electrons. The number of aryl methyl sites for hydroxylation is 1. The standard InChI is InChI=1S/C12H18N2O2/c1-2-9-8-11(16-14-9)12(15)13-10-6-4-3-5-7-10/h8,10H,2-7H2,1H3,(H,13,15). The van der Waals surface area contributed by atoms with E-state index in [-0.39, 0.29) is 5.91 Å². The number of rotatable bonds is 3. The molecule has 1 N–H and O–H groups in total. The predicted molar refractivity (Wildman–Crippen MR) is 60.2 cm³/mol. The van der Waals surface area contributed by atoms with Gasteiger partial charge in [0.25, 0.3) is 5.91 Å². The minimum atomic E-state index is -0.126. The molecule has 2 rings (SSSR count). The highest BCUT2D eigenvalue weighted by Crippen LogP contribution is 2.18. The first kappa shape index (κ1) is 11.2. The van der Waals surface area contributed by atoms with Crippen LogP contribution in [0.15, 0.2) is 10.6 Å². The molecule has 1 amide bonds. The van der Waals surface area contributed by atoms with Gasteiger partial charge in [-0.2, -0.15) is 0 Å². The summed E-state index contributed by atoms with van der Waals surface area (Å²) in [5.41, 5.74) is 0.828. The zero-order valence-electron chi connectivity index (χ0n) is 9.66. The van der Waals surface area contributed by atoms with E-state index in [1.807, 2.05) is 6.92 Å². The second-order valence-electron chi connectivity index (χ2n) is 4.34. The van der Waals surface area contributed by atoms with Crippen LogP contribution in [-0.2, 0) is 6.42 Å². The third-order valence-electron chi connectivity index (χ3n) is 3.09. The number of hydrogen-bond donors (Lipinski definition) is 1. The summed E-state index contributed by atoms with van der Waals surface area (Å²) in [6.45, 7) is 1.99. The molecule has 1 aliphatic carbocycles. The van der Waals surface area contributed by atoms with Crippen molar-refractivity contribution >= 4 is 5.91 Å². The molecule has 1 fully saturated rings. The van der Waals surface area contributed by atoms with Crippen molar-refractivity contribution in [2.45, 2.75) is 51.5 Å². The largest absolute Gasteiger partial charge is 0.351 e. The average molecular weight is 222 g/mol. The lowest BCUT2D eigenvalue weighted by Gasteiger charge is -2.21. The van der Waals surface area contributed by atoms with Crippen LogP contribution in [0.4, 0.5) is 0 Å². The van der Waals surface area contributed by atoms with Gasteiger partial charge in [0.1, 0.15) is 0 Å². The highest BCUT2D eigenvalue weighted by Gasteiger charge is 2.19. The predicted octanol–water partition coefficient (Wildman–Crippen LogP) is 2.30. The van der Waals surface area contributed by atoms with E-state index >= 15 is 0 Å². The molecule has 0 aliphatic heterocycles. The molecule has 0 saturated heterocycles. The summed E-state index contributed by atoms with van der Waals surface area (Å²) >= 11 is 0. The van der Waals surface area contributed by atoms with E-state index in [0.717, 1.165) is 25.0 Å². The lowest BCUT2D eigenvalue weighted by molar-refractivity contribution is 0.0890. The van der Waals surface area contributed by atoms with Crippen LogP contribution in [-0.4, -0.2) is 17.1 Å². The van der Waals surface area contributed by atoms with E-state index in [4.69, 9.17) is 4.52 Å². The summed E-state index contributed by atoms with van der Waals surface area (Å²) in [6.07, 6.45) is 6.67. The number of aromatic nitrogens is 1. The van der Waals surface area contributed by atoms with Crippen molar-refractivity contribution in [1.82, 2.24) is 10.5 Å². The Kier molecular flexibility index (Phi) is 3.59. The molecular weight excluding hydrogens is 204 g/mol. The molecular formula is C12H18N2O2. The van der Waals surface area contributed by atoms with Crippen LogP contribution in [0, 0.1) is 0 Å². The maximum atomic E-state index is 11.8. The molecule has 1 aromatic heterocycles. The Morgan fingerprint density at radius 3 is 2.88 bits per heavy atom. The van der Waals surface area contributed by atoms with E-state index in [0.29, 0.717) is 11.8 Å². The molecule has 1 aliphatic rings. The zero-order chi connectivity index (χ0) is 11.4. The van der Waals surface area contributed by atoms with E-state index in [1.54, 1.807) is 6.07 Å². The van der Waals surface area contributed by atoms with Crippen molar-refractivity contribution in [3.63, 3.8) is 0 Å². The van der Waals surface area contributed by atoms with Crippen molar-refractivity contribution in [3.05, 3.63) is 17.5 Å². The van der Waals surface area contributed by atoms with Gasteiger partial charge < -0.3 is 9.84 Å². The summed E-state index contributed by atoms with van der Waals surface area (Å²) in [4.78, 5) is 11.8. The average Bonchev–Trinajstić information content (AvgIpc) is 2.79. The van der Waals surface area contributed by atoms with Gasteiger partial charge in [0.05, 0.1) is 5.69 Å². The fourth-order valence-corrected chi connectivity index (χ4v) is 2.09. The van der Waals surface area contributed by atoms with Gasteiger partial charge in [0.2, 0.25) is 5.76 Å². The first-order chi connectivity index (χ1) is 7.79. The maximum absolute atomic E-state index is 11.8. The second-order valence-corrected chi connectivity index (χ2v) is 4.34. The molecule has 0 unspecified atom stereocenters. The normalized spacial score (nSPS) is 17.3. The number of hydrogen-bond acceptors (Lipinski definition) is 3. The maximum Gasteiger partial charge on any atom is 0.290 e. The van der Waals surface area contributed by atoms with Crippen molar-refractivity contribution < 1.29 is 9.32 Å². The molecule has 0 spiro atoms. The van der Waals surface area contributed by atoms with Gasteiger partial charge in [-0.3, -0.25) is 4.79 Å². The van der Waals surface area contributed by atoms with Gasteiger partial charge in [-0.15, -0.1) is 0 Å². The van der Waals surface area contributed by atoms with Crippen molar-refractivity contribution in [3.8, 4) is 0 Å². The Bertz CT molecular complexity index is 354. The SMILES string of the molecule is CCc1cc(C(=O)NC2CCCCC2)on1. The zero-order valence-corrected chi connectivity index (χ0v) is 9.66. The molecule has 1 saturated carbocycles. The van der Waals surface area contributed by atoms with Crippen molar-refractivity contribution in [2.75, 3.05) is 0 Å². The molecule has 0 aromatic carbocycles. The van der Waals surface area contributed by atoms with Crippen LogP contribution in [0.5, 0.6) is 0 Å². The van der Waals surface area contributed by atoms with Crippen molar-refractivity contribution in [2.24, 2.45) is 0 Å². The van der Waals surface area contributed by atoms with Crippen LogP contribution in [0.3, 0.4) is 0 Å². The number of carbonyl (C=O) groups excluding carboxylic acids is 1. The lowest BCUT2D eigenvalue weighted by atomic mass is 9.95. The Labute approximate surface area is 95.4 Å². The van der Waals surface area contributed by atoms with Gasteiger partial charge in [0.15, 0.2) is 0 Å². The van der Waals surface area contributed by atoms with Gasteiger partial charge in [0, 0.05) is 12.1 Å². The van der Waals surface area contributed by atoms with Crippen LogP contribution >= 0.6 is 0 Å². The number of carbonyl (C=O) groups is 1. The monoisotopic (exact) mass is 222 g/mol. The number of nitrogens with one attached hydrogen (secondary N) is 1. The number of nitrogens with zero attached hydrogens (tertiary/aromatic N) is 1. The fraction of sp³-hybridized carbons (Fsp3) is 0.667. The Morgan fingerprint density at radius 2 is 2.25 bits per heavy atom. The van der Waals surface area contributed by atoms with E-state index in [9.17, 15) is 4.79 Å². The van der Waals surface area contributed by atoms with Crippen LogP contribution in [0.1, 0.15) is 55.3 Å². The second kappa shape index (κ2) is 5.14. The lowest BCUT2D eigenvalue weighted by Crippen LogP contribution is -2.35. The van der Waals surface area contributed by atoms with E-state index in [1.165, 1.54) is 19.3 Å². The third-order valence-corrected chi connectivity index (χ3v) is 3.09. The van der Waals surface area contributed by atoms with Gasteiger partial charge in [-0.25, -0.2) is 0 Å². The Morgan fingerprint density at radius 1 is 1.50 bits per heavy atom. The first-order valence-corrected chi connectivity index (χ1v) is 6.06. The summed E-state index contributed by atoms with van der Waals surface area (Å²) in [6, 6.07) is 2.04. The molecule has 88 valence electrons. The topological polar surface area (TPSA) is 55.1 Å². The number of amides is 1. The molecule has 16 heavy (non-hydrogen) atoms. The van der Waals surface area contributed by atoms with Gasteiger partial charge in [-0.05, 0) is 19.3 Å². The highest BCUT2D eigenvalue weighted by atomic mass is 16.5. The molecule has 4 nitrogen and oxygen atoms in total. The summed E-state index contributed by atoms with van der Waals surface area (Å²) < 4.78 is 5.00. The fourth-order valence-electron chi connectivity index (χ4n) is 2.09. The molecule has 0 bridgehead atoms. The van der Waals surface area contributed by atoms with Crippen LogP contribution in [0.25, 0.3) is 0 Å². The third kappa shape index (κ3) is 2.62. The minimum absolute atomic E-state index is 0.126. The Balaban J connectivity index is 1.91. The minimum Gasteiger partial charge on any atom is -0.351 e. The smallest absolute Gasteiger partial charge is 0.290 e. The Hall–Kier alpha value is -1.32. The van der Waals surface area contributed by atoms with Crippen LogP contribution in [0.2, 0.25) is 0 Å². The summed E-state index contributed by atoms with van der Waals surface area (Å²) in [5, 5.41) is 6.81. The summed E-state index contributed by atoms with van der Waals surface area (Å²) in [5.74, 6) is 0.210. The van der Waals surface area contributed by atoms with Crippen LogP contribution < -0.4 is 5.32 Å². The molecule has 1 aromatic rings. The quantitative estimate of drug-likeness (QED) is 0.853. The molecule has 0 atom stereocenters.